The molecule has 0 aliphatic heterocycles. The molecule has 0 heterocycles. The second-order valence-electron chi connectivity index (χ2n) is 4.01. The fourth-order valence-corrected chi connectivity index (χ4v) is 0.726. The summed E-state index contributed by atoms with van der Waals surface area (Å²) in [5.74, 6) is 0.658. The van der Waals surface area contributed by atoms with Gasteiger partial charge in [-0.05, 0) is 12.3 Å². The molecule has 0 saturated carbocycles. The van der Waals surface area contributed by atoms with Crippen molar-refractivity contribution < 1.29 is 4.79 Å². The van der Waals surface area contributed by atoms with Crippen molar-refractivity contribution in [3.05, 3.63) is 0 Å². The summed E-state index contributed by atoms with van der Waals surface area (Å²) < 4.78 is 0. The number of unbranched alkanes of at least 4 members (excludes halogenated alkanes) is 3. The minimum atomic E-state index is -0.175. The Hall–Kier alpha value is -0.530. The van der Waals surface area contributed by atoms with Crippen LogP contribution in [0.15, 0.2) is 0 Å². The summed E-state index contributed by atoms with van der Waals surface area (Å²) in [4.78, 5) is 10.2. The number of hydrogen-bond acceptors (Lipinski definition) is 1. The molecule has 0 aliphatic rings. The lowest BCUT2D eigenvalue weighted by molar-refractivity contribution is -0.118. The molecular weight excluding hydrogens is 162 g/mol. The Morgan fingerprint density at radius 3 is 1.92 bits per heavy atom. The van der Waals surface area contributed by atoms with E-state index in [1.54, 1.807) is 0 Å². The first-order valence-electron chi connectivity index (χ1n) is 5.29. The molecule has 0 atom stereocenters. The van der Waals surface area contributed by atoms with Crippen LogP contribution in [0.5, 0.6) is 0 Å². The van der Waals surface area contributed by atoms with Crippen molar-refractivity contribution in [1.29, 1.82) is 0 Å². The zero-order valence-corrected chi connectivity index (χ0v) is 9.60. The Morgan fingerprint density at radius 1 is 1.15 bits per heavy atom. The van der Waals surface area contributed by atoms with Crippen LogP contribution in [0.4, 0.5) is 0 Å². The highest BCUT2D eigenvalue weighted by Crippen LogP contribution is 2.00. The smallest absolute Gasteiger partial charge is 0.217 e. The van der Waals surface area contributed by atoms with Crippen molar-refractivity contribution in [3.63, 3.8) is 0 Å². The molecule has 0 radical (unpaired) electrons. The average molecular weight is 187 g/mol. The van der Waals surface area contributed by atoms with Gasteiger partial charge in [0.05, 0.1) is 0 Å². The molecule has 0 fully saturated rings. The zero-order valence-electron chi connectivity index (χ0n) is 9.60. The normalized spacial score (nSPS) is 9.31. The average Bonchev–Trinajstić information content (AvgIpc) is 1.97. The van der Waals surface area contributed by atoms with E-state index in [1.807, 2.05) is 0 Å². The van der Waals surface area contributed by atoms with Crippen molar-refractivity contribution >= 4 is 5.91 Å². The van der Waals surface area contributed by atoms with Gasteiger partial charge in [0.2, 0.25) is 5.91 Å². The number of carbonyl (C=O) groups is 1. The predicted molar refractivity (Wildman–Crippen MR) is 58.5 cm³/mol. The molecule has 0 bridgehead atoms. The Kier molecular flexibility index (Phi) is 13.2. The molecule has 0 aliphatic carbocycles. The Labute approximate surface area is 82.9 Å². The summed E-state index contributed by atoms with van der Waals surface area (Å²) >= 11 is 0. The summed E-state index contributed by atoms with van der Waals surface area (Å²) in [5, 5.41) is 0. The van der Waals surface area contributed by atoms with Gasteiger partial charge in [0, 0.05) is 6.42 Å². The first-order valence-corrected chi connectivity index (χ1v) is 5.29. The van der Waals surface area contributed by atoms with Crippen LogP contribution < -0.4 is 5.73 Å². The first kappa shape index (κ1) is 15.0. The number of primary amides is 1. The van der Waals surface area contributed by atoms with Gasteiger partial charge in [-0.2, -0.15) is 0 Å². The van der Waals surface area contributed by atoms with E-state index in [0.29, 0.717) is 6.42 Å². The van der Waals surface area contributed by atoms with E-state index in [-0.39, 0.29) is 5.91 Å². The van der Waals surface area contributed by atoms with Crippen LogP contribution in [0.3, 0.4) is 0 Å². The lowest BCUT2D eigenvalue weighted by Gasteiger charge is -1.93. The van der Waals surface area contributed by atoms with E-state index in [9.17, 15) is 4.79 Å². The Balaban J connectivity index is 0. The fourth-order valence-electron chi connectivity index (χ4n) is 0.726. The molecule has 0 aromatic carbocycles. The topological polar surface area (TPSA) is 43.1 Å². The Morgan fingerprint density at radius 2 is 1.62 bits per heavy atom. The molecule has 13 heavy (non-hydrogen) atoms. The molecule has 80 valence electrons. The fraction of sp³-hybridized carbons (Fsp3) is 0.909. The van der Waals surface area contributed by atoms with Crippen LogP contribution in [0.1, 0.15) is 59.8 Å². The highest BCUT2D eigenvalue weighted by atomic mass is 16.1. The van der Waals surface area contributed by atoms with Crippen LogP contribution in [0.25, 0.3) is 0 Å². The van der Waals surface area contributed by atoms with E-state index in [1.165, 1.54) is 12.8 Å². The number of hydrogen-bond donors (Lipinski definition) is 1. The van der Waals surface area contributed by atoms with Crippen molar-refractivity contribution in [2.45, 2.75) is 59.8 Å². The van der Waals surface area contributed by atoms with E-state index in [0.717, 1.165) is 18.8 Å². The van der Waals surface area contributed by atoms with Crippen LogP contribution in [0.2, 0.25) is 0 Å². The standard InChI is InChI=1S/C7H15NO.C4H10/c1-2-3-4-5-6-7(8)9;1-4(2)3/h2-6H2,1H3,(H2,8,9);4H,1-3H3. The van der Waals surface area contributed by atoms with Crippen molar-refractivity contribution in [2.75, 3.05) is 0 Å². The molecule has 0 saturated heterocycles. The largest absolute Gasteiger partial charge is 0.370 e. The minimum absolute atomic E-state index is 0.175. The molecule has 0 aromatic rings. The second-order valence-corrected chi connectivity index (χ2v) is 4.01. The van der Waals surface area contributed by atoms with Gasteiger partial charge in [0.1, 0.15) is 0 Å². The van der Waals surface area contributed by atoms with Gasteiger partial charge in [-0.1, -0.05) is 47.0 Å². The van der Waals surface area contributed by atoms with Gasteiger partial charge in [0.15, 0.2) is 0 Å². The van der Waals surface area contributed by atoms with E-state index in [4.69, 9.17) is 5.73 Å². The van der Waals surface area contributed by atoms with Crippen molar-refractivity contribution in [3.8, 4) is 0 Å². The predicted octanol–water partition coefficient (Wildman–Crippen LogP) is 3.10. The third-order valence-electron chi connectivity index (χ3n) is 1.28. The van der Waals surface area contributed by atoms with Crippen molar-refractivity contribution in [1.82, 2.24) is 0 Å². The van der Waals surface area contributed by atoms with Gasteiger partial charge in [-0.3, -0.25) is 4.79 Å². The Bertz CT molecular complexity index is 108. The SMILES string of the molecule is CC(C)C.CCCCCCC(N)=O. The summed E-state index contributed by atoms with van der Waals surface area (Å²) in [6.07, 6.45) is 5.08. The summed E-state index contributed by atoms with van der Waals surface area (Å²) in [5.41, 5.74) is 4.94. The van der Waals surface area contributed by atoms with Gasteiger partial charge >= 0.3 is 0 Å². The van der Waals surface area contributed by atoms with Gasteiger partial charge in [-0.15, -0.1) is 0 Å². The number of carbonyl (C=O) groups excluding carboxylic acids is 1. The molecule has 0 rings (SSSR count). The summed E-state index contributed by atoms with van der Waals surface area (Å²) in [6.45, 7) is 8.64. The van der Waals surface area contributed by atoms with Gasteiger partial charge < -0.3 is 5.73 Å². The summed E-state index contributed by atoms with van der Waals surface area (Å²) in [6, 6.07) is 0. The summed E-state index contributed by atoms with van der Waals surface area (Å²) in [7, 11) is 0. The quantitative estimate of drug-likeness (QED) is 0.660. The first-order chi connectivity index (χ1) is 6.00. The maximum Gasteiger partial charge on any atom is 0.217 e. The highest BCUT2D eigenvalue weighted by Gasteiger charge is 1.91. The number of amides is 1. The lowest BCUT2D eigenvalue weighted by atomic mass is 10.1. The van der Waals surface area contributed by atoms with Crippen LogP contribution in [0, 0.1) is 5.92 Å². The molecular formula is C11H25NO. The molecule has 2 nitrogen and oxygen atoms in total. The van der Waals surface area contributed by atoms with Gasteiger partial charge in [-0.25, -0.2) is 0 Å². The maximum atomic E-state index is 10.2. The molecule has 0 aromatic heterocycles. The maximum absolute atomic E-state index is 10.2. The van der Waals surface area contributed by atoms with E-state index in [2.05, 4.69) is 27.7 Å². The van der Waals surface area contributed by atoms with Crippen molar-refractivity contribution in [2.24, 2.45) is 11.7 Å². The third-order valence-corrected chi connectivity index (χ3v) is 1.28. The van der Waals surface area contributed by atoms with E-state index < -0.39 is 0 Å². The molecule has 0 unspecified atom stereocenters. The third kappa shape index (κ3) is 34.4. The highest BCUT2D eigenvalue weighted by molar-refractivity contribution is 5.73. The van der Waals surface area contributed by atoms with Crippen LogP contribution in [-0.4, -0.2) is 5.91 Å². The number of nitrogens with two attached hydrogens (primary N) is 1. The van der Waals surface area contributed by atoms with Crippen LogP contribution in [-0.2, 0) is 4.79 Å². The lowest BCUT2D eigenvalue weighted by Crippen LogP contribution is -2.09. The minimum Gasteiger partial charge on any atom is -0.370 e. The number of rotatable bonds is 5. The second kappa shape index (κ2) is 11.5. The van der Waals surface area contributed by atoms with E-state index >= 15 is 0 Å². The molecule has 1 amide bonds. The molecule has 2 N–H and O–H groups in total. The zero-order chi connectivity index (χ0) is 10.7. The van der Waals surface area contributed by atoms with Gasteiger partial charge in [0.25, 0.3) is 0 Å². The molecule has 2 heteroatoms. The molecule has 0 spiro atoms. The van der Waals surface area contributed by atoms with Crippen LogP contribution >= 0.6 is 0 Å². The monoisotopic (exact) mass is 187 g/mol.